The van der Waals surface area contributed by atoms with Gasteiger partial charge in [0.15, 0.2) is 0 Å². The Kier molecular flexibility index (Phi) is 6.82. The minimum absolute atomic E-state index is 0.0691. The monoisotopic (exact) mass is 367 g/mol. The van der Waals surface area contributed by atoms with Crippen molar-refractivity contribution >= 4 is 11.6 Å². The molecule has 1 saturated heterocycles. The molecule has 0 saturated carbocycles. The van der Waals surface area contributed by atoms with Gasteiger partial charge in [-0.1, -0.05) is 6.07 Å². The van der Waals surface area contributed by atoms with Crippen molar-refractivity contribution < 1.29 is 9.53 Å². The topological polar surface area (TPSA) is 45.7 Å². The molecule has 0 radical (unpaired) electrons. The molecule has 0 bridgehead atoms. The van der Waals surface area contributed by atoms with E-state index in [-0.39, 0.29) is 12.0 Å². The number of rotatable bonds is 7. The normalized spacial score (nSPS) is 17.0. The molecule has 1 aliphatic rings. The number of benzene rings is 1. The van der Waals surface area contributed by atoms with Crippen molar-refractivity contribution in [3.05, 3.63) is 59.9 Å². The average Bonchev–Trinajstić information content (AvgIpc) is 2.74. The van der Waals surface area contributed by atoms with E-state index < -0.39 is 0 Å². The van der Waals surface area contributed by atoms with Crippen LogP contribution in [0.3, 0.4) is 0 Å². The fourth-order valence-electron chi connectivity index (χ4n) is 3.53. The largest absolute Gasteiger partial charge is 0.372 e. The Labute approximate surface area is 162 Å². The first-order valence-electron chi connectivity index (χ1n) is 9.87. The van der Waals surface area contributed by atoms with Crippen LogP contribution in [0, 0.1) is 0 Å². The molecule has 1 amide bonds. The number of ether oxygens (including phenoxy) is 1. The van der Waals surface area contributed by atoms with Crippen molar-refractivity contribution in [2.45, 2.75) is 39.4 Å². The summed E-state index contributed by atoms with van der Waals surface area (Å²) in [6.07, 6.45) is 3.80. The van der Waals surface area contributed by atoms with Crippen LogP contribution in [-0.2, 0) is 11.3 Å². The zero-order chi connectivity index (χ0) is 19.1. The number of carbonyl (C=O) groups excluding carboxylic acids is 1. The SMILES string of the molecule is CCN(CC)c1ccc(C(=O)N2CCC[C@H](OCc3ccccn3)C2)cc1. The Morgan fingerprint density at radius 1 is 1.19 bits per heavy atom. The summed E-state index contributed by atoms with van der Waals surface area (Å²) in [5, 5.41) is 0. The van der Waals surface area contributed by atoms with Gasteiger partial charge in [0.25, 0.3) is 5.91 Å². The number of piperidine rings is 1. The molecule has 2 heterocycles. The molecule has 1 aliphatic heterocycles. The van der Waals surface area contributed by atoms with E-state index in [9.17, 15) is 4.79 Å². The Morgan fingerprint density at radius 3 is 2.63 bits per heavy atom. The highest BCUT2D eigenvalue weighted by molar-refractivity contribution is 5.94. The molecular weight excluding hydrogens is 338 g/mol. The van der Waals surface area contributed by atoms with Crippen LogP contribution in [0.15, 0.2) is 48.7 Å². The smallest absolute Gasteiger partial charge is 0.253 e. The zero-order valence-electron chi connectivity index (χ0n) is 16.3. The Bertz CT molecular complexity index is 714. The van der Waals surface area contributed by atoms with Gasteiger partial charge >= 0.3 is 0 Å². The maximum atomic E-state index is 12.9. The molecule has 1 aromatic carbocycles. The van der Waals surface area contributed by atoms with Gasteiger partial charge in [0.05, 0.1) is 18.4 Å². The molecule has 0 N–H and O–H groups in total. The van der Waals surface area contributed by atoms with Crippen molar-refractivity contribution in [2.24, 2.45) is 0 Å². The summed E-state index contributed by atoms with van der Waals surface area (Å²) in [5.74, 6) is 0.0900. The van der Waals surface area contributed by atoms with Gasteiger partial charge in [-0.3, -0.25) is 9.78 Å². The number of nitrogens with zero attached hydrogens (tertiary/aromatic N) is 3. The quantitative estimate of drug-likeness (QED) is 0.748. The first kappa shape index (κ1) is 19.4. The van der Waals surface area contributed by atoms with E-state index in [2.05, 4.69) is 23.7 Å². The molecule has 1 atom stereocenters. The van der Waals surface area contributed by atoms with E-state index in [4.69, 9.17) is 4.74 Å². The highest BCUT2D eigenvalue weighted by Gasteiger charge is 2.25. The molecule has 5 heteroatoms. The predicted molar refractivity (Wildman–Crippen MR) is 108 cm³/mol. The molecule has 1 fully saturated rings. The molecular formula is C22H29N3O2. The Morgan fingerprint density at radius 2 is 1.96 bits per heavy atom. The lowest BCUT2D eigenvalue weighted by Gasteiger charge is -2.32. The first-order chi connectivity index (χ1) is 13.2. The maximum Gasteiger partial charge on any atom is 0.253 e. The minimum atomic E-state index is 0.0691. The number of aromatic nitrogens is 1. The summed E-state index contributed by atoms with van der Waals surface area (Å²) in [6, 6.07) is 13.8. The van der Waals surface area contributed by atoms with Crippen LogP contribution in [0.5, 0.6) is 0 Å². The number of hydrogen-bond acceptors (Lipinski definition) is 4. The Balaban J connectivity index is 1.57. The summed E-state index contributed by atoms with van der Waals surface area (Å²) < 4.78 is 6.00. The number of hydrogen-bond donors (Lipinski definition) is 0. The van der Waals surface area contributed by atoms with Gasteiger partial charge in [-0.05, 0) is 63.1 Å². The van der Waals surface area contributed by atoms with Gasteiger partial charge in [-0.25, -0.2) is 0 Å². The number of amides is 1. The van der Waals surface area contributed by atoms with Crippen LogP contribution in [0.1, 0.15) is 42.7 Å². The molecule has 1 aromatic heterocycles. The minimum Gasteiger partial charge on any atom is -0.372 e. The number of pyridine rings is 1. The molecule has 0 spiro atoms. The van der Waals surface area contributed by atoms with Crippen LogP contribution in [0.2, 0.25) is 0 Å². The third-order valence-corrected chi connectivity index (χ3v) is 5.10. The summed E-state index contributed by atoms with van der Waals surface area (Å²) in [5.41, 5.74) is 2.83. The third-order valence-electron chi connectivity index (χ3n) is 5.10. The van der Waals surface area contributed by atoms with E-state index in [0.29, 0.717) is 13.2 Å². The standard InChI is InChI=1S/C22H29N3O2/c1-3-24(4-2)20-12-10-18(11-13-20)22(26)25-15-7-9-21(16-25)27-17-19-8-5-6-14-23-19/h5-6,8,10-14,21H,3-4,7,9,15-17H2,1-2H3/t21-/m0/s1. The summed E-state index contributed by atoms with van der Waals surface area (Å²) >= 11 is 0. The van der Waals surface area contributed by atoms with Crippen LogP contribution in [0.25, 0.3) is 0 Å². The van der Waals surface area contributed by atoms with Gasteiger partial charge in [0, 0.05) is 43.6 Å². The van der Waals surface area contributed by atoms with E-state index in [1.165, 1.54) is 0 Å². The second kappa shape index (κ2) is 9.51. The van der Waals surface area contributed by atoms with Crippen molar-refractivity contribution in [1.29, 1.82) is 0 Å². The van der Waals surface area contributed by atoms with Gasteiger partial charge in [-0.2, -0.15) is 0 Å². The van der Waals surface area contributed by atoms with Crippen molar-refractivity contribution in [3.63, 3.8) is 0 Å². The van der Waals surface area contributed by atoms with Crippen molar-refractivity contribution in [2.75, 3.05) is 31.1 Å². The Hall–Kier alpha value is -2.40. The van der Waals surface area contributed by atoms with Crippen molar-refractivity contribution in [3.8, 4) is 0 Å². The second-order valence-corrected chi connectivity index (χ2v) is 6.87. The van der Waals surface area contributed by atoms with Gasteiger partial charge in [-0.15, -0.1) is 0 Å². The van der Waals surface area contributed by atoms with Gasteiger partial charge in [0.2, 0.25) is 0 Å². The lowest BCUT2D eigenvalue weighted by Crippen LogP contribution is -2.43. The lowest BCUT2D eigenvalue weighted by atomic mass is 10.1. The van der Waals surface area contributed by atoms with Crippen molar-refractivity contribution in [1.82, 2.24) is 9.88 Å². The zero-order valence-corrected chi connectivity index (χ0v) is 16.3. The van der Waals surface area contributed by atoms with Crippen LogP contribution in [-0.4, -0.2) is 48.1 Å². The predicted octanol–water partition coefficient (Wildman–Crippen LogP) is 3.75. The number of anilines is 1. The van der Waals surface area contributed by atoms with E-state index >= 15 is 0 Å². The first-order valence-corrected chi connectivity index (χ1v) is 9.87. The summed E-state index contributed by atoms with van der Waals surface area (Å²) in [7, 11) is 0. The van der Waals surface area contributed by atoms with E-state index in [1.54, 1.807) is 6.20 Å². The molecule has 0 aliphatic carbocycles. The lowest BCUT2D eigenvalue weighted by molar-refractivity contribution is -0.00785. The molecule has 5 nitrogen and oxygen atoms in total. The fourth-order valence-corrected chi connectivity index (χ4v) is 3.53. The highest BCUT2D eigenvalue weighted by atomic mass is 16.5. The maximum absolute atomic E-state index is 12.9. The average molecular weight is 367 g/mol. The van der Waals surface area contributed by atoms with Crippen LogP contribution >= 0.6 is 0 Å². The van der Waals surface area contributed by atoms with Crippen LogP contribution in [0.4, 0.5) is 5.69 Å². The second-order valence-electron chi connectivity index (χ2n) is 6.87. The third kappa shape index (κ3) is 5.07. The molecule has 144 valence electrons. The van der Waals surface area contributed by atoms with Gasteiger partial charge < -0.3 is 14.5 Å². The highest BCUT2D eigenvalue weighted by Crippen LogP contribution is 2.20. The molecule has 27 heavy (non-hydrogen) atoms. The summed E-state index contributed by atoms with van der Waals surface area (Å²) in [6.45, 7) is 8.13. The van der Waals surface area contributed by atoms with E-state index in [1.807, 2.05) is 47.4 Å². The molecule has 2 aromatic rings. The molecule has 0 unspecified atom stereocenters. The molecule has 3 rings (SSSR count). The fraction of sp³-hybridized carbons (Fsp3) is 0.455. The van der Waals surface area contributed by atoms with E-state index in [0.717, 1.165) is 49.4 Å². The summed E-state index contributed by atoms with van der Waals surface area (Å²) in [4.78, 5) is 21.4. The number of carbonyl (C=O) groups is 1. The van der Waals surface area contributed by atoms with Gasteiger partial charge in [0.1, 0.15) is 0 Å². The number of likely N-dealkylation sites (tertiary alicyclic amines) is 1. The van der Waals surface area contributed by atoms with Crippen LogP contribution < -0.4 is 4.90 Å².